The molecule has 0 unspecified atom stereocenters. The zero-order valence-corrected chi connectivity index (χ0v) is 10.6. The van der Waals surface area contributed by atoms with Gasteiger partial charge in [-0.05, 0) is 35.3 Å². The second-order valence-electron chi connectivity index (χ2n) is 3.22. The van der Waals surface area contributed by atoms with E-state index in [2.05, 4.69) is 21.2 Å². The van der Waals surface area contributed by atoms with Crippen molar-refractivity contribution in [3.8, 4) is 0 Å². The van der Waals surface area contributed by atoms with E-state index in [4.69, 9.17) is 4.74 Å². The predicted molar refractivity (Wildman–Crippen MR) is 63.7 cm³/mol. The van der Waals surface area contributed by atoms with E-state index in [0.29, 0.717) is 25.4 Å². The molecule has 5 heteroatoms. The van der Waals surface area contributed by atoms with Crippen LogP contribution in [0.25, 0.3) is 0 Å². The van der Waals surface area contributed by atoms with Gasteiger partial charge in [-0.2, -0.15) is 0 Å². The molecule has 0 spiro atoms. The van der Waals surface area contributed by atoms with Crippen molar-refractivity contribution in [2.24, 2.45) is 0 Å². The van der Waals surface area contributed by atoms with Crippen molar-refractivity contribution in [2.45, 2.75) is 13.3 Å². The van der Waals surface area contributed by atoms with Crippen LogP contribution in [0, 0.1) is 11.6 Å². The quantitative estimate of drug-likeness (QED) is 0.640. The van der Waals surface area contributed by atoms with E-state index in [1.54, 1.807) is 0 Å². The van der Waals surface area contributed by atoms with Crippen molar-refractivity contribution in [1.82, 2.24) is 0 Å². The molecule has 0 bridgehead atoms. The monoisotopic (exact) mass is 293 g/mol. The third-order valence-corrected chi connectivity index (χ3v) is 2.60. The van der Waals surface area contributed by atoms with E-state index in [1.807, 2.05) is 6.92 Å². The summed E-state index contributed by atoms with van der Waals surface area (Å²) in [6, 6.07) is 2.25. The molecule has 0 atom stereocenters. The fourth-order valence-electron chi connectivity index (χ4n) is 1.20. The number of nitrogens with one attached hydrogen (secondary N) is 1. The normalized spacial score (nSPS) is 10.5. The van der Waals surface area contributed by atoms with E-state index in [1.165, 1.54) is 6.07 Å². The molecule has 0 aliphatic rings. The summed E-state index contributed by atoms with van der Waals surface area (Å²) in [5.74, 6) is -1.19. The van der Waals surface area contributed by atoms with Crippen LogP contribution >= 0.6 is 15.9 Å². The van der Waals surface area contributed by atoms with Gasteiger partial charge in [-0.25, -0.2) is 8.78 Å². The van der Waals surface area contributed by atoms with Crippen molar-refractivity contribution < 1.29 is 13.5 Å². The molecule has 0 fully saturated rings. The van der Waals surface area contributed by atoms with Crippen molar-refractivity contribution in [3.63, 3.8) is 0 Å². The third kappa shape index (κ3) is 4.06. The van der Waals surface area contributed by atoms with Gasteiger partial charge in [0.15, 0.2) is 0 Å². The average Bonchev–Trinajstić information content (AvgIpc) is 2.25. The number of hydrogen-bond donors (Lipinski definition) is 1. The largest absolute Gasteiger partial charge is 0.383 e. The molecule has 90 valence electrons. The standard InChI is InChI=1S/C11H14BrF2NO/c1-2-16-5-3-4-15-11-6-8(12)9(13)7-10(11)14/h6-7,15H,2-5H2,1H3. The third-order valence-electron chi connectivity index (χ3n) is 1.99. The van der Waals surface area contributed by atoms with Crippen molar-refractivity contribution in [3.05, 3.63) is 28.2 Å². The first-order valence-corrected chi connectivity index (χ1v) is 5.90. The zero-order chi connectivity index (χ0) is 12.0. The SMILES string of the molecule is CCOCCCNc1cc(Br)c(F)cc1F. The zero-order valence-electron chi connectivity index (χ0n) is 9.03. The number of rotatable bonds is 6. The van der Waals surface area contributed by atoms with E-state index >= 15 is 0 Å². The molecule has 2 nitrogen and oxygen atoms in total. The number of halogens is 3. The van der Waals surface area contributed by atoms with Gasteiger partial charge in [0.05, 0.1) is 10.2 Å². The molecule has 0 heterocycles. The Bertz CT molecular complexity index is 347. The van der Waals surface area contributed by atoms with Crippen LogP contribution in [0.15, 0.2) is 16.6 Å². The summed E-state index contributed by atoms with van der Waals surface area (Å²) in [4.78, 5) is 0. The Morgan fingerprint density at radius 2 is 2.06 bits per heavy atom. The lowest BCUT2D eigenvalue weighted by Crippen LogP contribution is -2.07. The van der Waals surface area contributed by atoms with Gasteiger partial charge >= 0.3 is 0 Å². The lowest BCUT2D eigenvalue weighted by Gasteiger charge is -2.08. The summed E-state index contributed by atoms with van der Waals surface area (Å²) in [5, 5.41) is 2.89. The van der Waals surface area contributed by atoms with Crippen LogP contribution in [0.1, 0.15) is 13.3 Å². The summed E-state index contributed by atoms with van der Waals surface area (Å²) in [7, 11) is 0. The highest BCUT2D eigenvalue weighted by molar-refractivity contribution is 9.10. The summed E-state index contributed by atoms with van der Waals surface area (Å²) in [5.41, 5.74) is 0.296. The minimum Gasteiger partial charge on any atom is -0.383 e. The molecule has 1 rings (SSSR count). The molecule has 0 aliphatic carbocycles. The number of ether oxygens (including phenoxy) is 1. The van der Waals surface area contributed by atoms with E-state index < -0.39 is 11.6 Å². The molecule has 0 amide bonds. The highest BCUT2D eigenvalue weighted by Gasteiger charge is 2.07. The van der Waals surface area contributed by atoms with Crippen LogP contribution < -0.4 is 5.32 Å². The van der Waals surface area contributed by atoms with Gasteiger partial charge in [-0.1, -0.05) is 0 Å². The van der Waals surface area contributed by atoms with E-state index in [9.17, 15) is 8.78 Å². The van der Waals surface area contributed by atoms with Gasteiger partial charge < -0.3 is 10.1 Å². The summed E-state index contributed by atoms with van der Waals surface area (Å²) < 4.78 is 31.6. The van der Waals surface area contributed by atoms with Crippen molar-refractivity contribution in [2.75, 3.05) is 25.1 Å². The molecule has 0 saturated heterocycles. The topological polar surface area (TPSA) is 21.3 Å². The summed E-state index contributed by atoms with van der Waals surface area (Å²) in [6.45, 7) is 3.82. The Balaban J connectivity index is 2.45. The van der Waals surface area contributed by atoms with Crippen molar-refractivity contribution in [1.29, 1.82) is 0 Å². The Kier molecular flexibility index (Phi) is 5.69. The van der Waals surface area contributed by atoms with Crippen LogP contribution in [0.3, 0.4) is 0 Å². The molecular formula is C11H14BrF2NO. The van der Waals surface area contributed by atoms with Crippen LogP contribution in [0.4, 0.5) is 14.5 Å². The first-order chi connectivity index (χ1) is 7.65. The van der Waals surface area contributed by atoms with Crippen LogP contribution in [0.2, 0.25) is 0 Å². The van der Waals surface area contributed by atoms with Gasteiger partial charge in [0.25, 0.3) is 0 Å². The maximum Gasteiger partial charge on any atom is 0.149 e. The maximum atomic E-state index is 13.3. The van der Waals surface area contributed by atoms with Gasteiger partial charge in [0.1, 0.15) is 11.6 Å². The van der Waals surface area contributed by atoms with Crippen LogP contribution in [0.5, 0.6) is 0 Å². The molecular weight excluding hydrogens is 280 g/mol. The van der Waals surface area contributed by atoms with E-state index in [-0.39, 0.29) is 4.47 Å². The van der Waals surface area contributed by atoms with Gasteiger partial charge in [-0.3, -0.25) is 0 Å². The smallest absolute Gasteiger partial charge is 0.149 e. The summed E-state index contributed by atoms with van der Waals surface area (Å²) >= 11 is 3.01. The first kappa shape index (κ1) is 13.4. The van der Waals surface area contributed by atoms with Crippen LogP contribution in [-0.2, 0) is 4.74 Å². The van der Waals surface area contributed by atoms with Crippen molar-refractivity contribution >= 4 is 21.6 Å². The molecule has 16 heavy (non-hydrogen) atoms. The number of benzene rings is 1. The second kappa shape index (κ2) is 6.81. The number of anilines is 1. The number of hydrogen-bond acceptors (Lipinski definition) is 2. The van der Waals surface area contributed by atoms with Crippen LogP contribution in [-0.4, -0.2) is 19.8 Å². The minimum atomic E-state index is -0.600. The minimum absolute atomic E-state index is 0.251. The summed E-state index contributed by atoms with van der Waals surface area (Å²) in [6.07, 6.45) is 0.780. The van der Waals surface area contributed by atoms with E-state index in [0.717, 1.165) is 12.5 Å². The molecule has 1 aromatic rings. The molecule has 0 aromatic heterocycles. The lowest BCUT2D eigenvalue weighted by atomic mass is 10.3. The Morgan fingerprint density at radius 1 is 1.31 bits per heavy atom. The molecule has 0 aliphatic heterocycles. The fraction of sp³-hybridized carbons (Fsp3) is 0.455. The second-order valence-corrected chi connectivity index (χ2v) is 4.08. The molecule has 0 saturated carbocycles. The predicted octanol–water partition coefficient (Wildman–Crippen LogP) is 3.57. The molecule has 0 radical (unpaired) electrons. The fourth-order valence-corrected chi connectivity index (χ4v) is 1.54. The Hall–Kier alpha value is -0.680. The van der Waals surface area contributed by atoms with Gasteiger partial charge in [0, 0.05) is 25.8 Å². The lowest BCUT2D eigenvalue weighted by molar-refractivity contribution is 0.147. The molecule has 1 aromatic carbocycles. The maximum absolute atomic E-state index is 13.3. The Morgan fingerprint density at radius 3 is 2.75 bits per heavy atom. The highest BCUT2D eigenvalue weighted by atomic mass is 79.9. The van der Waals surface area contributed by atoms with Gasteiger partial charge in [-0.15, -0.1) is 0 Å². The molecule has 1 N–H and O–H groups in total. The van der Waals surface area contributed by atoms with Gasteiger partial charge in [0.2, 0.25) is 0 Å². The highest BCUT2D eigenvalue weighted by Crippen LogP contribution is 2.23. The first-order valence-electron chi connectivity index (χ1n) is 5.11. The average molecular weight is 294 g/mol. The Labute approximate surface area is 102 Å².